The molecule has 0 amide bonds. The van der Waals surface area contributed by atoms with Gasteiger partial charge in [0.1, 0.15) is 6.33 Å². The Morgan fingerprint density at radius 2 is 0.787 bits per heavy atom. The number of aromatic nitrogens is 5. The van der Waals surface area contributed by atoms with Crippen LogP contribution in [-0.2, 0) is 0 Å². The monoisotopic (exact) mass is 849 g/mol. The normalized spacial score (nSPS) is 12.6. The highest BCUT2D eigenvalue weighted by molar-refractivity contribution is 7.34. The topological polar surface area (TPSA) is 40.6 Å². The minimum atomic E-state index is 0.926. The van der Waals surface area contributed by atoms with Crippen molar-refractivity contribution in [3.05, 3.63) is 164 Å². The average Bonchev–Trinajstić information content (AvgIpc) is 4.17. The summed E-state index contributed by atoms with van der Waals surface area (Å²) in [6, 6.07) is 54.0. The maximum Gasteiger partial charge on any atom is 0.115 e. The number of hydrogen-bond acceptors (Lipinski definition) is 6. The number of nitrogens with zero attached hydrogens (tertiary/aromatic N) is 5. The SMILES string of the molecule is c1ccc2c(c1)sc1c3sc4ccccc4c3n(-c3ccc4c5c6ccccc6c(-n6c7c8ccccc8sc7c7sc8ccccc8c76)cc5n(-c5cncnc5)c4c3)c21. The quantitative estimate of drug-likeness (QED) is 0.178. The molecule has 8 aromatic heterocycles. The van der Waals surface area contributed by atoms with Crippen LogP contribution in [0.3, 0.4) is 0 Å². The van der Waals surface area contributed by atoms with E-state index in [1.165, 1.54) is 108 Å². The molecule has 0 aliphatic carbocycles. The Hall–Kier alpha value is -6.88. The fourth-order valence-corrected chi connectivity index (χ4v) is 15.2. The third-order valence-electron chi connectivity index (χ3n) is 12.6. The second-order valence-electron chi connectivity index (χ2n) is 15.7. The van der Waals surface area contributed by atoms with E-state index < -0.39 is 0 Å². The van der Waals surface area contributed by atoms with Crippen molar-refractivity contribution in [1.29, 1.82) is 0 Å². The summed E-state index contributed by atoms with van der Waals surface area (Å²) in [5.41, 5.74) is 10.6. The molecule has 284 valence electrons. The van der Waals surface area contributed by atoms with Gasteiger partial charge < -0.3 is 13.7 Å². The van der Waals surface area contributed by atoms with Gasteiger partial charge in [0.2, 0.25) is 0 Å². The molecule has 0 aliphatic heterocycles. The molecular formula is C52H27N5S4. The first-order chi connectivity index (χ1) is 30.3. The highest BCUT2D eigenvalue weighted by Gasteiger charge is 2.27. The zero-order valence-electron chi connectivity index (χ0n) is 32.0. The van der Waals surface area contributed by atoms with Gasteiger partial charge in [-0.1, -0.05) is 103 Å². The van der Waals surface area contributed by atoms with E-state index in [2.05, 4.69) is 169 Å². The van der Waals surface area contributed by atoms with Gasteiger partial charge in [0, 0.05) is 62.2 Å². The van der Waals surface area contributed by atoms with Gasteiger partial charge in [-0.3, -0.25) is 0 Å². The Morgan fingerprint density at radius 3 is 1.30 bits per heavy atom. The lowest BCUT2D eigenvalue weighted by atomic mass is 10.0. The maximum absolute atomic E-state index is 4.60. The third-order valence-corrected chi connectivity index (χ3v) is 17.6. The third kappa shape index (κ3) is 4.23. The van der Waals surface area contributed by atoms with Crippen molar-refractivity contribution in [3.63, 3.8) is 0 Å². The van der Waals surface area contributed by atoms with Crippen LogP contribution < -0.4 is 0 Å². The van der Waals surface area contributed by atoms with Crippen LogP contribution in [-0.4, -0.2) is 23.7 Å². The summed E-state index contributed by atoms with van der Waals surface area (Å²) in [7, 11) is 0. The van der Waals surface area contributed by atoms with Crippen molar-refractivity contribution in [2.75, 3.05) is 0 Å². The van der Waals surface area contributed by atoms with Gasteiger partial charge in [-0.25, -0.2) is 9.97 Å². The molecule has 61 heavy (non-hydrogen) atoms. The van der Waals surface area contributed by atoms with E-state index in [-0.39, 0.29) is 0 Å². The fourth-order valence-electron chi connectivity index (χ4n) is 10.2. The van der Waals surface area contributed by atoms with Crippen LogP contribution >= 0.6 is 45.3 Å². The zero-order valence-corrected chi connectivity index (χ0v) is 35.2. The van der Waals surface area contributed by atoms with E-state index in [0.717, 1.165) is 22.4 Å². The van der Waals surface area contributed by atoms with Crippen LogP contribution in [0, 0.1) is 0 Å². The minimum Gasteiger partial charge on any atom is -0.306 e. The van der Waals surface area contributed by atoms with Crippen LogP contribution in [0.1, 0.15) is 0 Å². The molecule has 0 saturated carbocycles. The number of thiophene rings is 4. The van der Waals surface area contributed by atoms with Crippen LogP contribution in [0.2, 0.25) is 0 Å². The molecule has 0 radical (unpaired) electrons. The number of rotatable bonds is 3. The number of benzene rings is 7. The smallest absolute Gasteiger partial charge is 0.115 e. The van der Waals surface area contributed by atoms with Gasteiger partial charge in [0.25, 0.3) is 0 Å². The van der Waals surface area contributed by atoms with Crippen molar-refractivity contribution < 1.29 is 0 Å². The van der Waals surface area contributed by atoms with Crippen LogP contribution in [0.5, 0.6) is 0 Å². The number of hydrogen-bond donors (Lipinski definition) is 0. The van der Waals surface area contributed by atoms with Crippen molar-refractivity contribution in [2.24, 2.45) is 0 Å². The molecule has 0 N–H and O–H groups in total. The van der Waals surface area contributed by atoms with Crippen LogP contribution in [0.25, 0.3) is 131 Å². The van der Waals surface area contributed by atoms with Gasteiger partial charge >= 0.3 is 0 Å². The molecule has 0 bridgehead atoms. The summed E-state index contributed by atoms with van der Waals surface area (Å²) in [4.78, 5) is 9.19. The standard InChI is InChI=1S/C52H27N5S4/c1-2-12-31-30(11-1)38(57-47-35-15-5-9-19-42(35)60-51(47)52-48(57)36-16-6-10-20-43(36)61-52)24-39-44(31)32-22-21-28(23-37(32)55(39)29-25-53-27-54-26-29)56-45-33-13-3-7-17-40(33)58-49(45)50-46(56)34-14-4-8-18-41(34)59-50/h1-27H. The molecule has 0 spiro atoms. The molecule has 0 fully saturated rings. The van der Waals surface area contributed by atoms with E-state index in [9.17, 15) is 0 Å². The van der Waals surface area contributed by atoms with Gasteiger partial charge in [-0.2, -0.15) is 0 Å². The van der Waals surface area contributed by atoms with Gasteiger partial charge in [-0.15, -0.1) is 45.3 Å². The summed E-state index contributed by atoms with van der Waals surface area (Å²) < 4.78 is 18.1. The van der Waals surface area contributed by atoms with Crippen molar-refractivity contribution in [1.82, 2.24) is 23.7 Å². The molecular weight excluding hydrogens is 823 g/mol. The summed E-state index contributed by atoms with van der Waals surface area (Å²) in [6.07, 6.45) is 5.52. The minimum absolute atomic E-state index is 0.926. The first-order valence-electron chi connectivity index (χ1n) is 20.2. The molecule has 15 aromatic rings. The summed E-state index contributed by atoms with van der Waals surface area (Å²) >= 11 is 7.62. The summed E-state index contributed by atoms with van der Waals surface area (Å²) in [5.74, 6) is 0. The second kappa shape index (κ2) is 11.9. The van der Waals surface area contributed by atoms with Crippen LogP contribution in [0.4, 0.5) is 0 Å². The molecule has 7 aromatic carbocycles. The van der Waals surface area contributed by atoms with E-state index in [1.54, 1.807) is 6.33 Å². The lowest BCUT2D eigenvalue weighted by molar-refractivity contribution is 1.07. The number of fused-ring (bicyclic) bond motifs is 19. The Labute approximate surface area is 361 Å². The Kier molecular flexibility index (Phi) is 6.42. The Bertz CT molecular complexity index is 4180. The van der Waals surface area contributed by atoms with E-state index in [4.69, 9.17) is 0 Å². The van der Waals surface area contributed by atoms with E-state index in [1.807, 2.05) is 57.7 Å². The molecule has 0 unspecified atom stereocenters. The predicted molar refractivity (Wildman–Crippen MR) is 264 cm³/mol. The lowest BCUT2D eigenvalue weighted by Crippen LogP contribution is -2.00. The van der Waals surface area contributed by atoms with Crippen molar-refractivity contribution in [3.8, 4) is 17.1 Å². The largest absolute Gasteiger partial charge is 0.306 e. The molecule has 8 heterocycles. The molecule has 5 nitrogen and oxygen atoms in total. The highest BCUT2D eigenvalue weighted by atomic mass is 32.1. The molecule has 0 saturated heterocycles. The Balaban J connectivity index is 1.12. The lowest BCUT2D eigenvalue weighted by Gasteiger charge is -2.14. The zero-order chi connectivity index (χ0) is 39.5. The average molecular weight is 850 g/mol. The molecule has 0 aliphatic rings. The molecule has 15 rings (SSSR count). The summed E-state index contributed by atoms with van der Waals surface area (Å²) in [5, 5.41) is 9.99. The highest BCUT2D eigenvalue weighted by Crippen LogP contribution is 2.51. The molecule has 0 atom stereocenters. The van der Waals surface area contributed by atoms with E-state index in [0.29, 0.717) is 0 Å². The van der Waals surface area contributed by atoms with Gasteiger partial charge in [0.05, 0.1) is 75.7 Å². The Morgan fingerprint density at radius 1 is 0.344 bits per heavy atom. The van der Waals surface area contributed by atoms with Crippen molar-refractivity contribution >= 4 is 159 Å². The van der Waals surface area contributed by atoms with Gasteiger partial charge in [0.15, 0.2) is 0 Å². The first kappa shape index (κ1) is 32.9. The van der Waals surface area contributed by atoms with Crippen molar-refractivity contribution in [2.45, 2.75) is 0 Å². The van der Waals surface area contributed by atoms with Gasteiger partial charge in [-0.05, 0) is 47.9 Å². The van der Waals surface area contributed by atoms with E-state index >= 15 is 0 Å². The van der Waals surface area contributed by atoms with Crippen LogP contribution in [0.15, 0.2) is 164 Å². The fraction of sp³-hybridized carbons (Fsp3) is 0. The second-order valence-corrected chi connectivity index (χ2v) is 20.0. The summed E-state index contributed by atoms with van der Waals surface area (Å²) in [6.45, 7) is 0. The maximum atomic E-state index is 4.60. The molecule has 9 heteroatoms. The predicted octanol–water partition coefficient (Wildman–Crippen LogP) is 15.8. The first-order valence-corrected chi connectivity index (χ1v) is 23.5.